The maximum absolute atomic E-state index is 12.5. The van der Waals surface area contributed by atoms with E-state index in [2.05, 4.69) is 10.0 Å². The number of nitrogens with zero attached hydrogens (tertiary/aromatic N) is 1. The number of anilines is 2. The summed E-state index contributed by atoms with van der Waals surface area (Å²) in [5.74, 6) is -0.661. The van der Waals surface area contributed by atoms with Crippen molar-refractivity contribution in [3.63, 3.8) is 0 Å². The number of hydrogen-bond acceptors (Lipinski definition) is 5. The second-order valence-electron chi connectivity index (χ2n) is 5.73. The SMILES string of the molecule is O=C(Nc1ccccc1[N+](=O)[O-])c1cccc(S(=O)(=O)Nc2ccccc2)c1. The maximum atomic E-state index is 12.5. The molecule has 0 aliphatic carbocycles. The van der Waals surface area contributed by atoms with E-state index in [1.807, 2.05) is 0 Å². The highest BCUT2D eigenvalue weighted by Crippen LogP contribution is 2.24. The fourth-order valence-corrected chi connectivity index (χ4v) is 3.56. The molecule has 9 heteroatoms. The first-order valence-electron chi connectivity index (χ1n) is 8.09. The van der Waals surface area contributed by atoms with Gasteiger partial charge in [0.2, 0.25) is 0 Å². The fraction of sp³-hybridized carbons (Fsp3) is 0. The Kier molecular flexibility index (Phi) is 5.37. The Morgan fingerprint density at radius 3 is 2.29 bits per heavy atom. The number of carbonyl (C=O) groups is 1. The Morgan fingerprint density at radius 1 is 0.893 bits per heavy atom. The zero-order chi connectivity index (χ0) is 20.1. The van der Waals surface area contributed by atoms with Gasteiger partial charge < -0.3 is 5.32 Å². The van der Waals surface area contributed by atoms with Gasteiger partial charge in [0, 0.05) is 17.3 Å². The molecule has 0 heterocycles. The van der Waals surface area contributed by atoms with E-state index in [-0.39, 0.29) is 21.8 Å². The molecule has 3 aromatic carbocycles. The number of nitrogens with one attached hydrogen (secondary N) is 2. The van der Waals surface area contributed by atoms with Gasteiger partial charge in [-0.1, -0.05) is 36.4 Å². The van der Waals surface area contributed by atoms with Crippen LogP contribution in [0.4, 0.5) is 17.1 Å². The van der Waals surface area contributed by atoms with Crippen molar-refractivity contribution >= 4 is 33.0 Å². The Labute approximate surface area is 161 Å². The molecule has 0 saturated carbocycles. The monoisotopic (exact) mass is 397 g/mol. The third kappa shape index (κ3) is 4.33. The van der Waals surface area contributed by atoms with E-state index in [4.69, 9.17) is 0 Å². The minimum atomic E-state index is -3.90. The fourth-order valence-electron chi connectivity index (χ4n) is 2.46. The van der Waals surface area contributed by atoms with E-state index in [9.17, 15) is 23.3 Å². The van der Waals surface area contributed by atoms with Crippen LogP contribution in [0.25, 0.3) is 0 Å². The Morgan fingerprint density at radius 2 is 1.57 bits per heavy atom. The highest BCUT2D eigenvalue weighted by Gasteiger charge is 2.19. The molecule has 3 rings (SSSR count). The first-order valence-corrected chi connectivity index (χ1v) is 9.58. The first-order chi connectivity index (χ1) is 13.4. The molecule has 142 valence electrons. The highest BCUT2D eigenvalue weighted by atomic mass is 32.2. The molecule has 0 aromatic heterocycles. The molecular weight excluding hydrogens is 382 g/mol. The third-order valence-electron chi connectivity index (χ3n) is 3.78. The molecule has 0 atom stereocenters. The van der Waals surface area contributed by atoms with Crippen LogP contribution in [-0.2, 0) is 10.0 Å². The van der Waals surface area contributed by atoms with E-state index in [1.54, 1.807) is 36.4 Å². The third-order valence-corrected chi connectivity index (χ3v) is 5.16. The predicted octanol–water partition coefficient (Wildman–Crippen LogP) is 3.65. The Hall–Kier alpha value is -3.72. The van der Waals surface area contributed by atoms with Gasteiger partial charge in [0.1, 0.15) is 5.69 Å². The van der Waals surface area contributed by atoms with Crippen LogP contribution in [0.15, 0.2) is 83.8 Å². The van der Waals surface area contributed by atoms with Gasteiger partial charge >= 0.3 is 0 Å². The number of nitro groups is 1. The van der Waals surface area contributed by atoms with Crippen LogP contribution < -0.4 is 10.0 Å². The lowest BCUT2D eigenvalue weighted by Crippen LogP contribution is -2.16. The molecule has 0 radical (unpaired) electrons. The van der Waals surface area contributed by atoms with Crippen molar-refractivity contribution in [2.45, 2.75) is 4.90 Å². The number of amides is 1. The van der Waals surface area contributed by atoms with Crippen LogP contribution in [0, 0.1) is 10.1 Å². The zero-order valence-electron chi connectivity index (χ0n) is 14.4. The quantitative estimate of drug-likeness (QED) is 0.486. The van der Waals surface area contributed by atoms with Crippen molar-refractivity contribution in [1.82, 2.24) is 0 Å². The summed E-state index contributed by atoms with van der Waals surface area (Å²) in [7, 11) is -3.90. The van der Waals surface area contributed by atoms with Gasteiger partial charge in [0.25, 0.3) is 21.6 Å². The van der Waals surface area contributed by atoms with E-state index < -0.39 is 20.9 Å². The topological polar surface area (TPSA) is 118 Å². The zero-order valence-corrected chi connectivity index (χ0v) is 15.2. The number of rotatable bonds is 6. The molecule has 0 bridgehead atoms. The van der Waals surface area contributed by atoms with Crippen molar-refractivity contribution < 1.29 is 18.1 Å². The average molecular weight is 397 g/mol. The van der Waals surface area contributed by atoms with Crippen molar-refractivity contribution in [2.24, 2.45) is 0 Å². The molecule has 8 nitrogen and oxygen atoms in total. The lowest BCUT2D eigenvalue weighted by molar-refractivity contribution is -0.383. The lowest BCUT2D eigenvalue weighted by Gasteiger charge is -2.10. The van der Waals surface area contributed by atoms with Gasteiger partial charge in [-0.2, -0.15) is 0 Å². The summed E-state index contributed by atoms with van der Waals surface area (Å²) in [6.45, 7) is 0. The molecule has 0 saturated heterocycles. The van der Waals surface area contributed by atoms with Crippen LogP contribution in [0.3, 0.4) is 0 Å². The van der Waals surface area contributed by atoms with Gasteiger partial charge in [0.05, 0.1) is 9.82 Å². The van der Waals surface area contributed by atoms with Crippen LogP contribution in [0.5, 0.6) is 0 Å². The summed E-state index contributed by atoms with van der Waals surface area (Å²) in [6, 6.07) is 19.4. The van der Waals surface area contributed by atoms with Crippen LogP contribution in [0.2, 0.25) is 0 Å². The molecule has 0 unspecified atom stereocenters. The summed E-state index contributed by atoms with van der Waals surface area (Å²) in [4.78, 5) is 22.8. The smallest absolute Gasteiger partial charge is 0.292 e. The van der Waals surface area contributed by atoms with Gasteiger partial charge in [-0.05, 0) is 36.4 Å². The molecule has 0 spiro atoms. The van der Waals surface area contributed by atoms with Crippen LogP contribution >= 0.6 is 0 Å². The Balaban J connectivity index is 1.85. The highest BCUT2D eigenvalue weighted by molar-refractivity contribution is 7.92. The van der Waals surface area contributed by atoms with Gasteiger partial charge in [-0.25, -0.2) is 8.42 Å². The molecule has 28 heavy (non-hydrogen) atoms. The number of para-hydroxylation sites is 3. The number of benzene rings is 3. The van der Waals surface area contributed by atoms with Crippen molar-refractivity contribution in [3.05, 3.63) is 94.5 Å². The van der Waals surface area contributed by atoms with E-state index in [0.717, 1.165) is 0 Å². The normalized spacial score (nSPS) is 10.9. The number of carbonyl (C=O) groups excluding carboxylic acids is 1. The molecule has 3 aromatic rings. The summed E-state index contributed by atoms with van der Waals surface area (Å²) in [5, 5.41) is 13.5. The number of sulfonamides is 1. The summed E-state index contributed by atoms with van der Waals surface area (Å²) >= 11 is 0. The van der Waals surface area contributed by atoms with Crippen molar-refractivity contribution in [3.8, 4) is 0 Å². The van der Waals surface area contributed by atoms with Crippen LogP contribution in [-0.4, -0.2) is 19.2 Å². The van der Waals surface area contributed by atoms with Crippen LogP contribution in [0.1, 0.15) is 10.4 Å². The van der Waals surface area contributed by atoms with E-state index in [1.165, 1.54) is 42.5 Å². The second kappa shape index (κ2) is 7.89. The average Bonchev–Trinajstić information content (AvgIpc) is 2.69. The molecule has 0 fully saturated rings. The molecule has 0 aliphatic rings. The summed E-state index contributed by atoms with van der Waals surface area (Å²) < 4.78 is 27.5. The largest absolute Gasteiger partial charge is 0.316 e. The second-order valence-corrected chi connectivity index (χ2v) is 7.41. The number of nitro benzene ring substituents is 1. The summed E-state index contributed by atoms with van der Waals surface area (Å²) in [6.07, 6.45) is 0. The van der Waals surface area contributed by atoms with Gasteiger partial charge in [-0.3, -0.25) is 19.6 Å². The molecule has 1 amide bonds. The predicted molar refractivity (Wildman–Crippen MR) is 105 cm³/mol. The van der Waals surface area contributed by atoms with Crippen molar-refractivity contribution in [1.29, 1.82) is 0 Å². The summed E-state index contributed by atoms with van der Waals surface area (Å²) in [5.41, 5.74) is 0.199. The van der Waals surface area contributed by atoms with Gasteiger partial charge in [0.15, 0.2) is 0 Å². The first kappa shape index (κ1) is 19.1. The van der Waals surface area contributed by atoms with E-state index in [0.29, 0.717) is 5.69 Å². The Bertz CT molecular complexity index is 1130. The molecular formula is C19H15N3O5S. The lowest BCUT2D eigenvalue weighted by atomic mass is 10.2. The molecule has 2 N–H and O–H groups in total. The standard InChI is InChI=1S/C19H15N3O5S/c23-19(20-17-11-4-5-12-18(17)22(24)25)14-7-6-10-16(13-14)28(26,27)21-15-8-2-1-3-9-15/h1-13,21H,(H,20,23). The van der Waals surface area contributed by atoms with E-state index >= 15 is 0 Å². The number of hydrogen-bond donors (Lipinski definition) is 2. The minimum absolute atomic E-state index is 0.0215. The maximum Gasteiger partial charge on any atom is 0.292 e. The van der Waals surface area contributed by atoms with Crippen molar-refractivity contribution in [2.75, 3.05) is 10.0 Å². The molecule has 0 aliphatic heterocycles. The van der Waals surface area contributed by atoms with Gasteiger partial charge in [-0.15, -0.1) is 0 Å². The minimum Gasteiger partial charge on any atom is -0.316 e.